The van der Waals surface area contributed by atoms with E-state index in [9.17, 15) is 4.79 Å². The lowest BCUT2D eigenvalue weighted by molar-refractivity contribution is -0.137. The van der Waals surface area contributed by atoms with Crippen LogP contribution in [0.25, 0.3) is 0 Å². The van der Waals surface area contributed by atoms with E-state index < -0.39 is 0 Å². The van der Waals surface area contributed by atoms with Gasteiger partial charge in [0.05, 0.1) is 6.61 Å². The number of ether oxygens (including phenoxy) is 1. The lowest BCUT2D eigenvalue weighted by atomic mass is 10.1. The van der Waals surface area contributed by atoms with Crippen molar-refractivity contribution in [1.82, 2.24) is 0 Å². The Morgan fingerprint density at radius 3 is 2.44 bits per heavy atom. The molecule has 0 N–H and O–H groups in total. The molecule has 0 spiro atoms. The summed E-state index contributed by atoms with van der Waals surface area (Å²) in [6.45, 7) is 4.66. The minimum absolute atomic E-state index is 0.244. The molecule has 0 amide bonds. The second-order valence-electron chi connectivity index (χ2n) is 3.82. The fraction of sp³-hybridized carbons (Fsp3) is 0.643. The summed E-state index contributed by atoms with van der Waals surface area (Å²) in [5.74, 6) is -0.244. The molecule has 0 atom stereocenters. The van der Waals surface area contributed by atoms with Crippen molar-refractivity contribution in [2.75, 3.05) is 6.61 Å². The Kier molecular flexibility index (Phi) is 11.2. The molecule has 0 aliphatic heterocycles. The van der Waals surface area contributed by atoms with E-state index in [-0.39, 0.29) is 5.97 Å². The Bertz CT molecular complexity index is 217. The molecule has 0 aromatic carbocycles. The molecule has 0 aromatic rings. The molecule has 0 unspecified atom stereocenters. The summed E-state index contributed by atoms with van der Waals surface area (Å²) in [5, 5.41) is 0. The molecule has 0 fully saturated rings. The third-order valence-corrected chi connectivity index (χ3v) is 2.28. The summed E-state index contributed by atoms with van der Waals surface area (Å²) in [6, 6.07) is 0. The standard InChI is InChI=1S/C14H24O2/c1-3-5-7-8-9-11-13-16-14(15)12-10-6-4-2/h4,6,10,12H,3,5,7-9,11,13H2,1-2H3. The Hall–Kier alpha value is -1.05. The smallest absolute Gasteiger partial charge is 0.330 e. The number of hydrogen-bond acceptors (Lipinski definition) is 2. The van der Waals surface area contributed by atoms with Gasteiger partial charge in [-0.25, -0.2) is 4.79 Å². The van der Waals surface area contributed by atoms with Gasteiger partial charge in [0.15, 0.2) is 0 Å². The monoisotopic (exact) mass is 224 g/mol. The maximum absolute atomic E-state index is 11.1. The van der Waals surface area contributed by atoms with E-state index >= 15 is 0 Å². The van der Waals surface area contributed by atoms with Crippen LogP contribution in [0.4, 0.5) is 0 Å². The van der Waals surface area contributed by atoms with Gasteiger partial charge in [-0.1, -0.05) is 57.3 Å². The summed E-state index contributed by atoms with van der Waals surface area (Å²) in [5.41, 5.74) is 0. The molecule has 0 aliphatic carbocycles. The highest BCUT2D eigenvalue weighted by molar-refractivity contribution is 5.82. The van der Waals surface area contributed by atoms with Crippen molar-refractivity contribution in [2.24, 2.45) is 0 Å². The largest absolute Gasteiger partial charge is 0.463 e. The molecule has 2 nitrogen and oxygen atoms in total. The molecule has 0 saturated heterocycles. The van der Waals surface area contributed by atoms with Crippen LogP contribution in [0.5, 0.6) is 0 Å². The molecule has 92 valence electrons. The molecule has 0 radical (unpaired) electrons. The van der Waals surface area contributed by atoms with Gasteiger partial charge in [0, 0.05) is 6.08 Å². The predicted molar refractivity (Wildman–Crippen MR) is 68.3 cm³/mol. The van der Waals surface area contributed by atoms with Crippen LogP contribution in [0.3, 0.4) is 0 Å². The van der Waals surface area contributed by atoms with E-state index in [2.05, 4.69) is 6.92 Å². The molecule has 2 heteroatoms. The lowest BCUT2D eigenvalue weighted by Gasteiger charge is -2.01. The first-order valence-electron chi connectivity index (χ1n) is 6.27. The highest BCUT2D eigenvalue weighted by Crippen LogP contribution is 2.04. The van der Waals surface area contributed by atoms with E-state index in [0.29, 0.717) is 6.61 Å². The first-order valence-corrected chi connectivity index (χ1v) is 6.27. The highest BCUT2D eigenvalue weighted by atomic mass is 16.5. The third kappa shape index (κ3) is 11.0. The van der Waals surface area contributed by atoms with Crippen molar-refractivity contribution >= 4 is 5.97 Å². The number of unbranched alkanes of at least 4 members (excludes halogenated alkanes) is 5. The molecular weight excluding hydrogens is 200 g/mol. The fourth-order valence-electron chi connectivity index (χ4n) is 1.35. The minimum Gasteiger partial charge on any atom is -0.463 e. The Balaban J connectivity index is 3.28. The number of allylic oxidation sites excluding steroid dienone is 3. The molecule has 0 heterocycles. The average molecular weight is 224 g/mol. The van der Waals surface area contributed by atoms with Crippen LogP contribution >= 0.6 is 0 Å². The Labute approximate surface area is 99.4 Å². The maximum Gasteiger partial charge on any atom is 0.330 e. The van der Waals surface area contributed by atoms with Crippen molar-refractivity contribution in [3.63, 3.8) is 0 Å². The minimum atomic E-state index is -0.244. The molecule has 16 heavy (non-hydrogen) atoms. The van der Waals surface area contributed by atoms with Gasteiger partial charge in [-0.3, -0.25) is 0 Å². The van der Waals surface area contributed by atoms with E-state index in [4.69, 9.17) is 4.74 Å². The number of carbonyl (C=O) groups is 1. The molecular formula is C14H24O2. The van der Waals surface area contributed by atoms with Crippen LogP contribution in [-0.2, 0) is 9.53 Å². The third-order valence-electron chi connectivity index (χ3n) is 2.28. The topological polar surface area (TPSA) is 26.3 Å². The van der Waals surface area contributed by atoms with Crippen molar-refractivity contribution in [1.29, 1.82) is 0 Å². The average Bonchev–Trinajstić information content (AvgIpc) is 2.28. The Morgan fingerprint density at radius 1 is 1.06 bits per heavy atom. The van der Waals surface area contributed by atoms with Crippen molar-refractivity contribution < 1.29 is 9.53 Å². The summed E-state index contributed by atoms with van der Waals surface area (Å²) in [7, 11) is 0. The van der Waals surface area contributed by atoms with Gasteiger partial charge in [0.1, 0.15) is 0 Å². The normalized spacial score (nSPS) is 11.4. The second kappa shape index (κ2) is 12.0. The van der Waals surface area contributed by atoms with Crippen molar-refractivity contribution in [2.45, 2.75) is 52.4 Å². The fourth-order valence-corrected chi connectivity index (χ4v) is 1.35. The van der Waals surface area contributed by atoms with E-state index in [1.165, 1.54) is 31.8 Å². The van der Waals surface area contributed by atoms with Crippen LogP contribution in [0.2, 0.25) is 0 Å². The van der Waals surface area contributed by atoms with Crippen LogP contribution in [-0.4, -0.2) is 12.6 Å². The van der Waals surface area contributed by atoms with Crippen molar-refractivity contribution in [3.05, 3.63) is 24.3 Å². The molecule has 0 aliphatic rings. The zero-order valence-electron chi connectivity index (χ0n) is 10.6. The van der Waals surface area contributed by atoms with Crippen molar-refractivity contribution in [3.8, 4) is 0 Å². The number of rotatable bonds is 9. The maximum atomic E-state index is 11.1. The van der Waals surface area contributed by atoms with Gasteiger partial charge in [-0.15, -0.1) is 0 Å². The predicted octanol–water partition coefficient (Wildman–Crippen LogP) is 4.02. The number of hydrogen-bond donors (Lipinski definition) is 0. The molecule has 0 bridgehead atoms. The van der Waals surface area contributed by atoms with Gasteiger partial charge in [-0.2, -0.15) is 0 Å². The zero-order chi connectivity index (χ0) is 12.1. The molecule has 0 saturated carbocycles. The summed E-state index contributed by atoms with van der Waals surface area (Å²) in [6.07, 6.45) is 14.1. The Morgan fingerprint density at radius 2 is 1.75 bits per heavy atom. The molecule has 0 aromatic heterocycles. The summed E-state index contributed by atoms with van der Waals surface area (Å²) < 4.78 is 5.04. The van der Waals surface area contributed by atoms with E-state index in [1.807, 2.05) is 19.1 Å². The van der Waals surface area contributed by atoms with Gasteiger partial charge in [0.25, 0.3) is 0 Å². The van der Waals surface area contributed by atoms with Crippen LogP contribution in [0, 0.1) is 0 Å². The molecule has 0 rings (SSSR count). The summed E-state index contributed by atoms with van der Waals surface area (Å²) in [4.78, 5) is 11.1. The summed E-state index contributed by atoms with van der Waals surface area (Å²) >= 11 is 0. The lowest BCUT2D eigenvalue weighted by Crippen LogP contribution is -2.01. The van der Waals surface area contributed by atoms with Crippen LogP contribution in [0.15, 0.2) is 24.3 Å². The SMILES string of the molecule is CC=CC=CC(=O)OCCCCCCCC. The van der Waals surface area contributed by atoms with Gasteiger partial charge >= 0.3 is 5.97 Å². The second-order valence-corrected chi connectivity index (χ2v) is 3.82. The van der Waals surface area contributed by atoms with Gasteiger partial charge in [-0.05, 0) is 13.3 Å². The van der Waals surface area contributed by atoms with E-state index in [0.717, 1.165) is 12.8 Å². The van der Waals surface area contributed by atoms with Crippen LogP contribution < -0.4 is 0 Å². The highest BCUT2D eigenvalue weighted by Gasteiger charge is 1.95. The van der Waals surface area contributed by atoms with E-state index in [1.54, 1.807) is 6.08 Å². The number of carbonyl (C=O) groups excluding carboxylic acids is 1. The first kappa shape index (κ1) is 14.9. The zero-order valence-corrected chi connectivity index (χ0v) is 10.6. The first-order chi connectivity index (χ1) is 7.81. The van der Waals surface area contributed by atoms with Gasteiger partial charge in [0.2, 0.25) is 0 Å². The van der Waals surface area contributed by atoms with Crippen LogP contribution in [0.1, 0.15) is 52.4 Å². The quantitative estimate of drug-likeness (QED) is 0.256. The van der Waals surface area contributed by atoms with Gasteiger partial charge < -0.3 is 4.74 Å². The number of esters is 1.